The van der Waals surface area contributed by atoms with Crippen LogP contribution in [0.1, 0.15) is 64.0 Å². The van der Waals surface area contributed by atoms with Crippen molar-refractivity contribution in [2.45, 2.75) is 64.5 Å². The summed E-state index contributed by atoms with van der Waals surface area (Å²) in [5, 5.41) is 4.59. The quantitative estimate of drug-likeness (QED) is 0.766. The van der Waals surface area contributed by atoms with Crippen LogP contribution in [0.25, 0.3) is 0 Å². The van der Waals surface area contributed by atoms with E-state index in [0.29, 0.717) is 12.1 Å². The highest BCUT2D eigenvalue weighted by Gasteiger charge is 2.21. The van der Waals surface area contributed by atoms with E-state index in [0.717, 1.165) is 10.9 Å². The molecule has 1 fully saturated rings. The molecule has 0 heterocycles. The van der Waals surface area contributed by atoms with Gasteiger partial charge in [-0.05, 0) is 56.2 Å². The number of hydrogen-bond donors (Lipinski definition) is 1. The van der Waals surface area contributed by atoms with Crippen molar-refractivity contribution in [1.29, 1.82) is 0 Å². The fraction of sp³-hybridized carbons (Fsp3) is 0.647. The van der Waals surface area contributed by atoms with Crippen molar-refractivity contribution in [2.75, 3.05) is 0 Å². The highest BCUT2D eigenvalue weighted by molar-refractivity contribution is 6.30. The lowest BCUT2D eigenvalue weighted by Gasteiger charge is -2.31. The maximum atomic E-state index is 5.93. The Morgan fingerprint density at radius 1 is 1.16 bits per heavy atom. The average Bonchev–Trinajstić information content (AvgIpc) is 2.42. The molecule has 0 aromatic heterocycles. The van der Waals surface area contributed by atoms with Crippen LogP contribution < -0.4 is 5.32 Å². The minimum Gasteiger partial charge on any atom is -0.307 e. The van der Waals surface area contributed by atoms with Gasteiger partial charge in [0.1, 0.15) is 0 Å². The van der Waals surface area contributed by atoms with E-state index in [1.807, 2.05) is 12.1 Å². The predicted molar refractivity (Wildman–Crippen MR) is 83.7 cm³/mol. The summed E-state index contributed by atoms with van der Waals surface area (Å²) < 4.78 is 0. The average molecular weight is 280 g/mol. The number of hydrogen-bond acceptors (Lipinski definition) is 1. The first-order valence-corrected chi connectivity index (χ1v) is 8.08. The Labute approximate surface area is 122 Å². The second-order valence-electron chi connectivity index (χ2n) is 5.95. The molecule has 1 aromatic rings. The monoisotopic (exact) mass is 279 g/mol. The molecule has 1 aliphatic rings. The van der Waals surface area contributed by atoms with Gasteiger partial charge < -0.3 is 5.32 Å². The van der Waals surface area contributed by atoms with E-state index in [9.17, 15) is 0 Å². The number of nitrogens with one attached hydrogen (secondary N) is 1. The van der Waals surface area contributed by atoms with Gasteiger partial charge >= 0.3 is 0 Å². The zero-order chi connectivity index (χ0) is 13.7. The van der Waals surface area contributed by atoms with Crippen LogP contribution in [0.4, 0.5) is 0 Å². The van der Waals surface area contributed by atoms with Crippen LogP contribution in [0.5, 0.6) is 0 Å². The van der Waals surface area contributed by atoms with Crippen molar-refractivity contribution in [3.63, 3.8) is 0 Å². The molecule has 2 heteroatoms. The fourth-order valence-corrected chi connectivity index (χ4v) is 3.35. The van der Waals surface area contributed by atoms with Gasteiger partial charge in [0.2, 0.25) is 0 Å². The first kappa shape index (κ1) is 14.9. The Balaban J connectivity index is 1.80. The normalized spacial score (nSPS) is 25.2. The molecule has 106 valence electrons. The third-order valence-corrected chi connectivity index (χ3v) is 4.65. The molecule has 0 amide bonds. The van der Waals surface area contributed by atoms with Crippen molar-refractivity contribution >= 4 is 11.6 Å². The molecular weight excluding hydrogens is 254 g/mol. The second-order valence-corrected chi connectivity index (χ2v) is 6.38. The Bertz CT molecular complexity index is 365. The lowest BCUT2D eigenvalue weighted by atomic mass is 9.83. The third-order valence-electron chi connectivity index (χ3n) is 4.40. The SMILES string of the molecule is CCCC1CCC(NC(C)c2ccc(Cl)cc2)CC1. The van der Waals surface area contributed by atoms with Crippen molar-refractivity contribution in [3.8, 4) is 0 Å². The van der Waals surface area contributed by atoms with Gasteiger partial charge in [-0.2, -0.15) is 0 Å². The predicted octanol–water partition coefficient (Wildman–Crippen LogP) is 5.35. The third kappa shape index (κ3) is 4.50. The number of benzene rings is 1. The van der Waals surface area contributed by atoms with Gasteiger partial charge in [0, 0.05) is 17.1 Å². The molecule has 1 aliphatic carbocycles. The van der Waals surface area contributed by atoms with E-state index in [4.69, 9.17) is 11.6 Å². The standard InChI is InChI=1S/C17H26ClN/c1-3-4-14-5-11-17(12-6-14)19-13(2)15-7-9-16(18)10-8-15/h7-10,13-14,17,19H,3-6,11-12H2,1-2H3. The smallest absolute Gasteiger partial charge is 0.0406 e. The molecule has 1 atom stereocenters. The van der Waals surface area contributed by atoms with Gasteiger partial charge in [0.25, 0.3) is 0 Å². The molecule has 0 bridgehead atoms. The molecule has 0 saturated heterocycles. The van der Waals surface area contributed by atoms with Crippen LogP contribution in [-0.2, 0) is 0 Å². The lowest BCUT2D eigenvalue weighted by molar-refractivity contribution is 0.266. The Morgan fingerprint density at radius 2 is 1.79 bits per heavy atom. The molecule has 19 heavy (non-hydrogen) atoms. The van der Waals surface area contributed by atoms with Gasteiger partial charge in [-0.3, -0.25) is 0 Å². The topological polar surface area (TPSA) is 12.0 Å². The van der Waals surface area contributed by atoms with Crippen molar-refractivity contribution in [2.24, 2.45) is 5.92 Å². The number of halogens is 1. The van der Waals surface area contributed by atoms with Crippen molar-refractivity contribution in [1.82, 2.24) is 5.32 Å². The van der Waals surface area contributed by atoms with Gasteiger partial charge in [-0.1, -0.05) is 43.5 Å². The van der Waals surface area contributed by atoms with Gasteiger partial charge in [0.05, 0.1) is 0 Å². The zero-order valence-electron chi connectivity index (χ0n) is 12.2. The van der Waals surface area contributed by atoms with Crippen LogP contribution >= 0.6 is 11.6 Å². The largest absolute Gasteiger partial charge is 0.307 e. The molecule has 1 nitrogen and oxygen atoms in total. The summed E-state index contributed by atoms with van der Waals surface area (Å²) in [5.74, 6) is 0.980. The van der Waals surface area contributed by atoms with Crippen molar-refractivity contribution < 1.29 is 0 Å². The van der Waals surface area contributed by atoms with Gasteiger partial charge in [-0.15, -0.1) is 0 Å². The molecule has 0 spiro atoms. The summed E-state index contributed by atoms with van der Waals surface area (Å²) >= 11 is 5.93. The van der Waals surface area contributed by atoms with E-state index >= 15 is 0 Å². The fourth-order valence-electron chi connectivity index (χ4n) is 3.23. The van der Waals surface area contributed by atoms with Crippen LogP contribution in [0.3, 0.4) is 0 Å². The summed E-state index contributed by atoms with van der Waals surface area (Å²) in [4.78, 5) is 0. The first-order chi connectivity index (χ1) is 9.19. The van der Waals surface area contributed by atoms with Crippen LogP contribution in [0.15, 0.2) is 24.3 Å². The summed E-state index contributed by atoms with van der Waals surface area (Å²) in [6, 6.07) is 9.33. The van der Waals surface area contributed by atoms with Crippen LogP contribution in [0.2, 0.25) is 5.02 Å². The summed E-state index contributed by atoms with van der Waals surface area (Å²) in [7, 11) is 0. The van der Waals surface area contributed by atoms with Crippen LogP contribution in [0, 0.1) is 5.92 Å². The van der Waals surface area contributed by atoms with Crippen LogP contribution in [-0.4, -0.2) is 6.04 Å². The Morgan fingerprint density at radius 3 is 2.37 bits per heavy atom. The molecule has 1 N–H and O–H groups in total. The summed E-state index contributed by atoms with van der Waals surface area (Å²) in [5.41, 5.74) is 1.33. The first-order valence-electron chi connectivity index (χ1n) is 7.70. The maximum absolute atomic E-state index is 5.93. The van der Waals surface area contributed by atoms with Gasteiger partial charge in [0.15, 0.2) is 0 Å². The molecule has 2 rings (SSSR count). The minimum absolute atomic E-state index is 0.421. The molecule has 1 aromatic carbocycles. The maximum Gasteiger partial charge on any atom is 0.0406 e. The second kappa shape index (κ2) is 7.31. The molecule has 1 saturated carbocycles. The van der Waals surface area contributed by atoms with E-state index < -0.39 is 0 Å². The molecular formula is C17H26ClN. The van der Waals surface area contributed by atoms with E-state index in [1.54, 1.807) is 0 Å². The van der Waals surface area contributed by atoms with Crippen molar-refractivity contribution in [3.05, 3.63) is 34.9 Å². The minimum atomic E-state index is 0.421. The summed E-state index contributed by atoms with van der Waals surface area (Å²) in [6.45, 7) is 4.55. The van der Waals surface area contributed by atoms with E-state index in [2.05, 4.69) is 31.3 Å². The molecule has 1 unspecified atom stereocenters. The number of rotatable bonds is 5. The Hall–Kier alpha value is -0.530. The Kier molecular flexibility index (Phi) is 5.72. The molecule has 0 radical (unpaired) electrons. The molecule has 0 aliphatic heterocycles. The highest BCUT2D eigenvalue weighted by Crippen LogP contribution is 2.29. The van der Waals surface area contributed by atoms with Gasteiger partial charge in [-0.25, -0.2) is 0 Å². The van der Waals surface area contributed by atoms with E-state index in [1.165, 1.54) is 44.1 Å². The van der Waals surface area contributed by atoms with E-state index in [-0.39, 0.29) is 0 Å². The summed E-state index contributed by atoms with van der Waals surface area (Å²) in [6.07, 6.45) is 8.23. The lowest BCUT2D eigenvalue weighted by Crippen LogP contribution is -2.35. The highest BCUT2D eigenvalue weighted by atomic mass is 35.5. The zero-order valence-corrected chi connectivity index (χ0v) is 12.9.